The molecule has 0 bridgehead atoms. The third-order valence-corrected chi connectivity index (χ3v) is 3.20. The van der Waals surface area contributed by atoms with E-state index in [4.69, 9.17) is 23.2 Å². The first-order chi connectivity index (χ1) is 8.63. The van der Waals surface area contributed by atoms with E-state index in [9.17, 15) is 4.39 Å². The van der Waals surface area contributed by atoms with Crippen LogP contribution in [0.15, 0.2) is 24.5 Å². The maximum Gasteiger partial charge on any atom is 0.141 e. The molecule has 0 atom stereocenters. The van der Waals surface area contributed by atoms with Gasteiger partial charge in [0.25, 0.3) is 0 Å². The summed E-state index contributed by atoms with van der Waals surface area (Å²) in [6.07, 6.45) is 3.09. The molecule has 0 unspecified atom stereocenters. The quantitative estimate of drug-likeness (QED) is 0.773. The van der Waals surface area contributed by atoms with Gasteiger partial charge in [0.1, 0.15) is 17.3 Å². The van der Waals surface area contributed by atoms with E-state index in [1.165, 1.54) is 12.4 Å². The van der Waals surface area contributed by atoms with Crippen molar-refractivity contribution in [3.63, 3.8) is 0 Å². The van der Waals surface area contributed by atoms with Gasteiger partial charge < -0.3 is 0 Å². The molecule has 0 amide bonds. The average molecular weight is 285 g/mol. The van der Waals surface area contributed by atoms with Gasteiger partial charge in [0.05, 0.1) is 10.7 Å². The highest BCUT2D eigenvalue weighted by Crippen LogP contribution is 2.29. The van der Waals surface area contributed by atoms with E-state index in [0.29, 0.717) is 10.8 Å². The Morgan fingerprint density at radius 2 is 2.00 bits per heavy atom. The molecular weight excluding hydrogens is 274 g/mol. The maximum atomic E-state index is 13.2. The predicted octanol–water partition coefficient (Wildman–Crippen LogP) is 4.54. The maximum absolute atomic E-state index is 13.2. The van der Waals surface area contributed by atoms with Crippen LogP contribution in [0.5, 0.6) is 0 Å². The third kappa shape index (κ3) is 2.62. The van der Waals surface area contributed by atoms with Gasteiger partial charge in [0.2, 0.25) is 0 Å². The number of aromatic nitrogens is 2. The van der Waals surface area contributed by atoms with Crippen molar-refractivity contribution < 1.29 is 4.39 Å². The van der Waals surface area contributed by atoms with Gasteiger partial charge in [0.15, 0.2) is 0 Å². The second kappa shape index (κ2) is 5.63. The van der Waals surface area contributed by atoms with Gasteiger partial charge >= 0.3 is 0 Å². The molecule has 94 valence electrons. The van der Waals surface area contributed by atoms with E-state index in [1.54, 1.807) is 12.1 Å². The number of hydrogen-bond acceptors (Lipinski definition) is 2. The lowest BCUT2D eigenvalue weighted by atomic mass is 10.0. The van der Waals surface area contributed by atoms with Gasteiger partial charge in [-0.1, -0.05) is 36.5 Å². The first-order valence-electron chi connectivity index (χ1n) is 5.58. The largest absolute Gasteiger partial charge is 0.236 e. The number of nitrogens with zero attached hydrogens (tertiary/aromatic N) is 2. The van der Waals surface area contributed by atoms with Crippen LogP contribution in [0.1, 0.15) is 18.9 Å². The zero-order valence-corrected chi connectivity index (χ0v) is 11.3. The van der Waals surface area contributed by atoms with Crippen molar-refractivity contribution in [1.82, 2.24) is 9.97 Å². The van der Waals surface area contributed by atoms with Crippen LogP contribution >= 0.6 is 23.2 Å². The Hall–Kier alpha value is -1.19. The van der Waals surface area contributed by atoms with E-state index < -0.39 is 5.82 Å². The summed E-state index contributed by atoms with van der Waals surface area (Å²) in [7, 11) is 0. The molecule has 1 aromatic heterocycles. The monoisotopic (exact) mass is 284 g/mol. The van der Waals surface area contributed by atoms with Crippen LogP contribution < -0.4 is 0 Å². The summed E-state index contributed by atoms with van der Waals surface area (Å²) in [5, 5.41) is 0.506. The van der Waals surface area contributed by atoms with Crippen molar-refractivity contribution in [3.05, 3.63) is 46.1 Å². The molecule has 1 aromatic carbocycles. The van der Waals surface area contributed by atoms with Crippen molar-refractivity contribution in [2.24, 2.45) is 0 Å². The zero-order valence-electron chi connectivity index (χ0n) is 9.75. The second-order valence-corrected chi connectivity index (χ2v) is 4.64. The second-order valence-electron chi connectivity index (χ2n) is 3.87. The number of hydrogen-bond donors (Lipinski definition) is 0. The number of halogens is 3. The lowest BCUT2D eigenvalue weighted by molar-refractivity contribution is 0.628. The molecular formula is C13H11Cl2FN2. The van der Waals surface area contributed by atoms with Crippen molar-refractivity contribution in [3.8, 4) is 11.3 Å². The van der Waals surface area contributed by atoms with Gasteiger partial charge in [-0.05, 0) is 24.6 Å². The third-order valence-electron chi connectivity index (χ3n) is 2.59. The van der Waals surface area contributed by atoms with Gasteiger partial charge in [-0.2, -0.15) is 0 Å². The molecule has 0 spiro atoms. The Morgan fingerprint density at radius 3 is 2.67 bits per heavy atom. The fourth-order valence-corrected chi connectivity index (χ4v) is 2.16. The normalized spacial score (nSPS) is 10.7. The summed E-state index contributed by atoms with van der Waals surface area (Å²) in [5.41, 5.74) is 2.32. The molecule has 2 rings (SSSR count). The van der Waals surface area contributed by atoms with Gasteiger partial charge in [-0.25, -0.2) is 14.4 Å². The lowest BCUT2D eigenvalue weighted by Crippen LogP contribution is -1.97. The molecule has 0 aliphatic carbocycles. The van der Waals surface area contributed by atoms with E-state index in [2.05, 4.69) is 9.97 Å². The highest BCUT2D eigenvalue weighted by Gasteiger charge is 2.12. The minimum absolute atomic E-state index is 0.0738. The molecule has 0 radical (unpaired) electrons. The SMILES string of the molecule is CCCc1c(Cl)ncnc1-c1ccc(F)c(Cl)c1. The summed E-state index contributed by atoms with van der Waals surface area (Å²) in [6.45, 7) is 2.05. The molecule has 1 heterocycles. The lowest BCUT2D eigenvalue weighted by Gasteiger charge is -2.09. The van der Waals surface area contributed by atoms with Crippen LogP contribution in [-0.4, -0.2) is 9.97 Å². The molecule has 5 heteroatoms. The molecule has 0 aliphatic rings. The summed E-state index contributed by atoms with van der Waals surface area (Å²) < 4.78 is 13.2. The van der Waals surface area contributed by atoms with Crippen LogP contribution in [0.2, 0.25) is 10.2 Å². The summed E-state index contributed by atoms with van der Waals surface area (Å²) >= 11 is 11.9. The Morgan fingerprint density at radius 1 is 1.22 bits per heavy atom. The fraction of sp³-hybridized carbons (Fsp3) is 0.231. The topological polar surface area (TPSA) is 25.8 Å². The fourth-order valence-electron chi connectivity index (χ4n) is 1.75. The predicted molar refractivity (Wildman–Crippen MR) is 71.4 cm³/mol. The average Bonchev–Trinajstić information content (AvgIpc) is 2.35. The van der Waals surface area contributed by atoms with Crippen LogP contribution in [0.4, 0.5) is 4.39 Å². The molecule has 0 saturated heterocycles. The van der Waals surface area contributed by atoms with E-state index >= 15 is 0 Å². The van der Waals surface area contributed by atoms with Crippen LogP contribution in [0, 0.1) is 5.82 Å². The standard InChI is InChI=1S/C13H11Cl2FN2/c1-2-3-9-12(17-7-18-13(9)15)8-4-5-11(16)10(14)6-8/h4-7H,2-3H2,1H3. The first kappa shape index (κ1) is 13.2. The number of rotatable bonds is 3. The number of benzene rings is 1. The van der Waals surface area contributed by atoms with Crippen molar-refractivity contribution in [1.29, 1.82) is 0 Å². The molecule has 2 nitrogen and oxygen atoms in total. The molecule has 0 aliphatic heterocycles. The summed E-state index contributed by atoms with van der Waals surface area (Å²) in [4.78, 5) is 8.19. The first-order valence-corrected chi connectivity index (χ1v) is 6.34. The van der Waals surface area contributed by atoms with Crippen molar-refractivity contribution in [2.45, 2.75) is 19.8 Å². The Labute approximate surface area is 115 Å². The van der Waals surface area contributed by atoms with Gasteiger partial charge in [-0.15, -0.1) is 0 Å². The molecule has 0 fully saturated rings. The smallest absolute Gasteiger partial charge is 0.141 e. The van der Waals surface area contributed by atoms with Gasteiger partial charge in [0, 0.05) is 11.1 Å². The van der Waals surface area contributed by atoms with Crippen LogP contribution in [0.25, 0.3) is 11.3 Å². The Bertz CT molecular complexity index is 573. The molecule has 0 N–H and O–H groups in total. The van der Waals surface area contributed by atoms with Crippen molar-refractivity contribution >= 4 is 23.2 Å². The van der Waals surface area contributed by atoms with E-state index in [-0.39, 0.29) is 5.02 Å². The molecule has 18 heavy (non-hydrogen) atoms. The highest BCUT2D eigenvalue weighted by atomic mass is 35.5. The van der Waals surface area contributed by atoms with E-state index in [0.717, 1.165) is 24.0 Å². The highest BCUT2D eigenvalue weighted by molar-refractivity contribution is 6.31. The van der Waals surface area contributed by atoms with Crippen LogP contribution in [0.3, 0.4) is 0 Å². The summed E-state index contributed by atoms with van der Waals surface area (Å²) in [6, 6.07) is 4.51. The zero-order chi connectivity index (χ0) is 13.1. The molecule has 0 saturated carbocycles. The minimum atomic E-state index is -0.447. The summed E-state index contributed by atoms with van der Waals surface area (Å²) in [5.74, 6) is -0.447. The van der Waals surface area contributed by atoms with Crippen LogP contribution in [-0.2, 0) is 6.42 Å². The Kier molecular flexibility index (Phi) is 4.15. The van der Waals surface area contributed by atoms with Gasteiger partial charge in [-0.3, -0.25) is 0 Å². The van der Waals surface area contributed by atoms with Crippen molar-refractivity contribution in [2.75, 3.05) is 0 Å². The Balaban J connectivity index is 2.55. The minimum Gasteiger partial charge on any atom is -0.236 e. The molecule has 2 aromatic rings. The van der Waals surface area contributed by atoms with E-state index in [1.807, 2.05) is 6.92 Å².